The average Bonchev–Trinajstić information content (AvgIpc) is 2.83. The highest BCUT2D eigenvalue weighted by atomic mass is 32.2. The van der Waals surface area contributed by atoms with Crippen LogP contribution in [-0.4, -0.2) is 11.0 Å². The molecule has 2 heterocycles. The number of nitrogens with zero attached hydrogens (tertiary/aromatic N) is 1. The Kier molecular flexibility index (Phi) is 3.91. The highest BCUT2D eigenvalue weighted by Gasteiger charge is 2.21. The van der Waals surface area contributed by atoms with Crippen LogP contribution in [0.25, 0.3) is 0 Å². The van der Waals surface area contributed by atoms with E-state index in [0.717, 1.165) is 5.69 Å². The molecule has 92 valence electrons. The van der Waals surface area contributed by atoms with Crippen molar-refractivity contribution in [2.45, 2.75) is 37.3 Å². The minimum atomic E-state index is 0.0604. The van der Waals surface area contributed by atoms with E-state index in [4.69, 9.17) is 10.2 Å². The third kappa shape index (κ3) is 3.12. The molecule has 0 saturated heterocycles. The van der Waals surface area contributed by atoms with Crippen molar-refractivity contribution in [1.82, 2.24) is 4.98 Å². The van der Waals surface area contributed by atoms with Crippen LogP contribution in [-0.2, 0) is 0 Å². The van der Waals surface area contributed by atoms with Crippen LogP contribution >= 0.6 is 23.1 Å². The molecule has 0 aliphatic rings. The van der Waals surface area contributed by atoms with E-state index < -0.39 is 0 Å². The monoisotopic (exact) mass is 268 g/mol. The summed E-state index contributed by atoms with van der Waals surface area (Å²) in [6.45, 7) is 6.04. The molecule has 0 aromatic carbocycles. The van der Waals surface area contributed by atoms with Gasteiger partial charge in [-0.15, -0.1) is 11.3 Å². The second-order valence-electron chi connectivity index (χ2n) is 4.10. The zero-order valence-corrected chi connectivity index (χ0v) is 11.8. The van der Waals surface area contributed by atoms with Gasteiger partial charge in [0.15, 0.2) is 0 Å². The van der Waals surface area contributed by atoms with E-state index in [9.17, 15) is 0 Å². The molecule has 3 nitrogen and oxygen atoms in total. The first-order chi connectivity index (χ1) is 8.06. The Balaban J connectivity index is 2.18. The standard InChI is InChI=1S/C12H16N2OS2/c1-7-6-15-12(14-7)17-11(9(3)13)10-5-4-8(2)16-10/h4-6,9,11H,13H2,1-3H3. The van der Waals surface area contributed by atoms with Crippen molar-refractivity contribution in [1.29, 1.82) is 0 Å². The van der Waals surface area contributed by atoms with E-state index in [1.54, 1.807) is 29.4 Å². The Labute approximate surface area is 109 Å². The van der Waals surface area contributed by atoms with Gasteiger partial charge in [-0.2, -0.15) is 0 Å². The number of thiophene rings is 1. The fourth-order valence-electron chi connectivity index (χ4n) is 1.53. The van der Waals surface area contributed by atoms with Crippen LogP contribution in [0.1, 0.15) is 27.6 Å². The van der Waals surface area contributed by atoms with E-state index in [2.05, 4.69) is 24.0 Å². The summed E-state index contributed by atoms with van der Waals surface area (Å²) in [6, 6.07) is 4.32. The largest absolute Gasteiger partial charge is 0.440 e. The third-order valence-corrected chi connectivity index (χ3v) is 4.90. The number of hydrogen-bond acceptors (Lipinski definition) is 5. The van der Waals surface area contributed by atoms with Crippen LogP contribution in [0.5, 0.6) is 0 Å². The molecule has 17 heavy (non-hydrogen) atoms. The lowest BCUT2D eigenvalue weighted by molar-refractivity contribution is 0.452. The number of rotatable bonds is 4. The molecule has 0 spiro atoms. The summed E-state index contributed by atoms with van der Waals surface area (Å²) in [5, 5.41) is 0.891. The van der Waals surface area contributed by atoms with Crippen molar-refractivity contribution in [3.63, 3.8) is 0 Å². The molecule has 0 fully saturated rings. The molecule has 2 unspecified atom stereocenters. The first kappa shape index (κ1) is 12.7. The molecule has 0 amide bonds. The molecule has 2 aromatic rings. The van der Waals surface area contributed by atoms with Crippen LogP contribution in [0.4, 0.5) is 0 Å². The molecule has 0 radical (unpaired) electrons. The number of aromatic nitrogens is 1. The van der Waals surface area contributed by atoms with E-state index in [1.165, 1.54) is 9.75 Å². The lowest BCUT2D eigenvalue weighted by atomic mass is 10.2. The number of nitrogens with two attached hydrogens (primary N) is 1. The molecule has 2 aromatic heterocycles. The maximum Gasteiger partial charge on any atom is 0.256 e. The topological polar surface area (TPSA) is 52.0 Å². The molecule has 5 heteroatoms. The van der Waals surface area contributed by atoms with Gasteiger partial charge in [0.1, 0.15) is 6.26 Å². The van der Waals surface area contributed by atoms with Crippen molar-refractivity contribution < 1.29 is 4.42 Å². The van der Waals surface area contributed by atoms with Crippen LogP contribution in [0.15, 0.2) is 28.0 Å². The first-order valence-electron chi connectivity index (χ1n) is 5.47. The number of hydrogen-bond donors (Lipinski definition) is 1. The Hall–Kier alpha value is -0.780. The molecule has 2 N–H and O–H groups in total. The smallest absolute Gasteiger partial charge is 0.256 e. The summed E-state index contributed by atoms with van der Waals surface area (Å²) in [5.74, 6) is 0. The van der Waals surface area contributed by atoms with Crippen molar-refractivity contribution in [2.24, 2.45) is 5.73 Å². The van der Waals surface area contributed by atoms with Crippen molar-refractivity contribution in [3.05, 3.63) is 33.8 Å². The van der Waals surface area contributed by atoms with E-state index in [0.29, 0.717) is 5.22 Å². The van der Waals surface area contributed by atoms with Gasteiger partial charge in [0.2, 0.25) is 0 Å². The molecular formula is C12H16N2OS2. The van der Waals surface area contributed by atoms with Gasteiger partial charge in [0.05, 0.1) is 10.9 Å². The highest BCUT2D eigenvalue weighted by molar-refractivity contribution is 7.99. The summed E-state index contributed by atoms with van der Waals surface area (Å²) in [5.41, 5.74) is 6.95. The van der Waals surface area contributed by atoms with Gasteiger partial charge in [-0.3, -0.25) is 0 Å². The fraction of sp³-hybridized carbons (Fsp3) is 0.417. The van der Waals surface area contributed by atoms with Crippen LogP contribution in [0, 0.1) is 13.8 Å². The first-order valence-corrected chi connectivity index (χ1v) is 7.16. The minimum Gasteiger partial charge on any atom is -0.440 e. The fourth-order valence-corrected chi connectivity index (χ4v) is 3.72. The summed E-state index contributed by atoms with van der Waals surface area (Å²) in [6.07, 6.45) is 1.67. The Bertz CT molecular complexity index is 490. The maximum atomic E-state index is 6.05. The zero-order chi connectivity index (χ0) is 12.4. The molecule has 0 aliphatic carbocycles. The number of oxazole rings is 1. The summed E-state index contributed by atoms with van der Waals surface area (Å²) in [7, 11) is 0. The average molecular weight is 268 g/mol. The maximum absolute atomic E-state index is 6.05. The third-order valence-electron chi connectivity index (χ3n) is 2.34. The predicted molar refractivity (Wildman–Crippen MR) is 72.5 cm³/mol. The number of thioether (sulfide) groups is 1. The molecule has 2 rings (SSSR count). The van der Waals surface area contributed by atoms with Gasteiger partial charge in [-0.1, -0.05) is 11.8 Å². The molecule has 0 saturated carbocycles. The molecule has 0 bridgehead atoms. The van der Waals surface area contributed by atoms with Crippen molar-refractivity contribution in [3.8, 4) is 0 Å². The Morgan fingerprint density at radius 3 is 2.65 bits per heavy atom. The lowest BCUT2D eigenvalue weighted by Crippen LogP contribution is -2.21. The van der Waals surface area contributed by atoms with Gasteiger partial charge < -0.3 is 10.2 Å². The Morgan fingerprint density at radius 1 is 1.41 bits per heavy atom. The predicted octanol–water partition coefficient (Wildman–Crippen LogP) is 3.53. The van der Waals surface area contributed by atoms with Gasteiger partial charge in [-0.05, 0) is 32.9 Å². The van der Waals surface area contributed by atoms with E-state index in [-0.39, 0.29) is 11.3 Å². The summed E-state index contributed by atoms with van der Waals surface area (Å²) < 4.78 is 5.37. The van der Waals surface area contributed by atoms with Crippen LogP contribution in [0.2, 0.25) is 0 Å². The van der Waals surface area contributed by atoms with Crippen molar-refractivity contribution >= 4 is 23.1 Å². The van der Waals surface area contributed by atoms with Gasteiger partial charge in [0.25, 0.3) is 5.22 Å². The van der Waals surface area contributed by atoms with E-state index in [1.807, 2.05) is 13.8 Å². The van der Waals surface area contributed by atoms with Crippen LogP contribution in [0.3, 0.4) is 0 Å². The highest BCUT2D eigenvalue weighted by Crippen LogP contribution is 2.39. The summed E-state index contributed by atoms with van der Waals surface area (Å²) >= 11 is 3.37. The second kappa shape index (κ2) is 5.25. The quantitative estimate of drug-likeness (QED) is 0.862. The van der Waals surface area contributed by atoms with Crippen LogP contribution < -0.4 is 5.73 Å². The molecule has 2 atom stereocenters. The van der Waals surface area contributed by atoms with E-state index >= 15 is 0 Å². The zero-order valence-electron chi connectivity index (χ0n) is 10.1. The normalized spacial score (nSPS) is 14.8. The molecular weight excluding hydrogens is 252 g/mol. The van der Waals surface area contributed by atoms with Gasteiger partial charge in [-0.25, -0.2) is 4.98 Å². The number of aryl methyl sites for hydroxylation is 2. The summed E-state index contributed by atoms with van der Waals surface area (Å²) in [4.78, 5) is 6.89. The van der Waals surface area contributed by atoms with Gasteiger partial charge >= 0.3 is 0 Å². The molecule has 0 aliphatic heterocycles. The lowest BCUT2D eigenvalue weighted by Gasteiger charge is -2.16. The minimum absolute atomic E-state index is 0.0604. The van der Waals surface area contributed by atoms with Crippen molar-refractivity contribution in [2.75, 3.05) is 0 Å². The van der Waals surface area contributed by atoms with Gasteiger partial charge in [0, 0.05) is 15.8 Å². The SMILES string of the molecule is Cc1coc(SC(c2ccc(C)s2)C(C)N)n1. The Morgan fingerprint density at radius 2 is 2.18 bits per heavy atom. The second-order valence-corrected chi connectivity index (χ2v) is 6.51.